The van der Waals surface area contributed by atoms with Gasteiger partial charge in [-0.05, 0) is 30.7 Å². The highest BCUT2D eigenvalue weighted by Gasteiger charge is 2.15. The van der Waals surface area contributed by atoms with Crippen molar-refractivity contribution in [2.24, 2.45) is 7.05 Å². The standard InChI is InChI=1S/C14H16BrN3O2/c1-8-4-9(15)5-12(20-3)13(8)17-14(19)11-6-10(16)7-18(11)2/h4-7H,16H2,1-3H3,(H,17,19). The first-order valence-corrected chi connectivity index (χ1v) is 6.79. The van der Waals surface area contributed by atoms with Gasteiger partial charge < -0.3 is 20.4 Å². The average Bonchev–Trinajstić information content (AvgIpc) is 2.71. The van der Waals surface area contributed by atoms with E-state index in [0.717, 1.165) is 10.0 Å². The molecule has 20 heavy (non-hydrogen) atoms. The zero-order valence-electron chi connectivity index (χ0n) is 11.5. The zero-order chi connectivity index (χ0) is 14.9. The van der Waals surface area contributed by atoms with E-state index in [4.69, 9.17) is 10.5 Å². The summed E-state index contributed by atoms with van der Waals surface area (Å²) < 4.78 is 7.89. The lowest BCUT2D eigenvalue weighted by molar-refractivity contribution is 0.101. The first-order chi connectivity index (χ1) is 9.42. The molecule has 2 aromatic rings. The van der Waals surface area contributed by atoms with E-state index in [0.29, 0.717) is 22.8 Å². The number of carbonyl (C=O) groups is 1. The summed E-state index contributed by atoms with van der Waals surface area (Å²) in [5.74, 6) is 0.375. The zero-order valence-corrected chi connectivity index (χ0v) is 13.1. The van der Waals surface area contributed by atoms with E-state index in [1.54, 1.807) is 31.0 Å². The van der Waals surface area contributed by atoms with Gasteiger partial charge in [0.05, 0.1) is 18.5 Å². The summed E-state index contributed by atoms with van der Waals surface area (Å²) in [5, 5.41) is 2.87. The van der Waals surface area contributed by atoms with E-state index in [1.165, 1.54) is 0 Å². The van der Waals surface area contributed by atoms with Gasteiger partial charge in [0, 0.05) is 17.7 Å². The Morgan fingerprint density at radius 2 is 2.10 bits per heavy atom. The average molecular weight is 338 g/mol. The Hall–Kier alpha value is -1.95. The fourth-order valence-corrected chi connectivity index (χ4v) is 2.58. The van der Waals surface area contributed by atoms with Crippen LogP contribution in [0.1, 0.15) is 16.1 Å². The van der Waals surface area contributed by atoms with Crippen LogP contribution in [0.3, 0.4) is 0 Å². The highest BCUT2D eigenvalue weighted by atomic mass is 79.9. The number of nitrogens with two attached hydrogens (primary N) is 1. The van der Waals surface area contributed by atoms with E-state index >= 15 is 0 Å². The third kappa shape index (κ3) is 2.80. The number of benzene rings is 1. The lowest BCUT2D eigenvalue weighted by Crippen LogP contribution is -2.16. The minimum atomic E-state index is -0.229. The molecule has 0 atom stereocenters. The molecule has 0 radical (unpaired) electrons. The largest absolute Gasteiger partial charge is 0.495 e. The number of nitrogens with one attached hydrogen (secondary N) is 1. The summed E-state index contributed by atoms with van der Waals surface area (Å²) in [6, 6.07) is 5.36. The van der Waals surface area contributed by atoms with Crippen LogP contribution in [-0.2, 0) is 7.05 Å². The second kappa shape index (κ2) is 5.58. The first kappa shape index (κ1) is 14.5. The lowest BCUT2D eigenvalue weighted by atomic mass is 10.2. The van der Waals surface area contributed by atoms with E-state index < -0.39 is 0 Å². The molecular weight excluding hydrogens is 322 g/mol. The van der Waals surface area contributed by atoms with Crippen LogP contribution in [0.2, 0.25) is 0 Å². The van der Waals surface area contributed by atoms with Crippen LogP contribution in [-0.4, -0.2) is 17.6 Å². The second-order valence-corrected chi connectivity index (χ2v) is 5.44. The molecule has 0 fully saturated rings. The lowest BCUT2D eigenvalue weighted by Gasteiger charge is -2.14. The molecule has 2 rings (SSSR count). The molecule has 1 heterocycles. The number of amides is 1. The molecule has 3 N–H and O–H groups in total. The van der Waals surface area contributed by atoms with Gasteiger partial charge in [0.25, 0.3) is 5.91 Å². The Bertz CT molecular complexity index is 665. The summed E-state index contributed by atoms with van der Waals surface area (Å²) in [5.41, 5.74) is 8.29. The molecule has 0 aliphatic heterocycles. The summed E-state index contributed by atoms with van der Waals surface area (Å²) >= 11 is 3.40. The van der Waals surface area contributed by atoms with Crippen molar-refractivity contribution in [2.45, 2.75) is 6.92 Å². The van der Waals surface area contributed by atoms with E-state index in [1.807, 2.05) is 19.1 Å². The van der Waals surface area contributed by atoms with E-state index in [-0.39, 0.29) is 5.91 Å². The third-order valence-corrected chi connectivity index (χ3v) is 3.44. The van der Waals surface area contributed by atoms with Crippen LogP contribution >= 0.6 is 15.9 Å². The molecule has 0 aliphatic carbocycles. The Kier molecular flexibility index (Phi) is 4.04. The molecule has 0 aliphatic rings. The number of carbonyl (C=O) groups excluding carboxylic acids is 1. The smallest absolute Gasteiger partial charge is 0.272 e. The molecule has 0 bridgehead atoms. The highest BCUT2D eigenvalue weighted by Crippen LogP contribution is 2.32. The van der Waals surface area contributed by atoms with Gasteiger partial charge in [0.15, 0.2) is 0 Å². The van der Waals surface area contributed by atoms with Crippen molar-refractivity contribution in [3.63, 3.8) is 0 Å². The van der Waals surface area contributed by atoms with Crippen molar-refractivity contribution >= 4 is 33.2 Å². The van der Waals surface area contributed by atoms with Gasteiger partial charge in [0.2, 0.25) is 0 Å². The minimum Gasteiger partial charge on any atom is -0.495 e. The summed E-state index contributed by atoms with van der Waals surface area (Å²) in [7, 11) is 3.34. The van der Waals surface area contributed by atoms with Crippen molar-refractivity contribution in [2.75, 3.05) is 18.2 Å². The number of hydrogen-bond acceptors (Lipinski definition) is 3. The fourth-order valence-electron chi connectivity index (χ4n) is 2.03. The Morgan fingerprint density at radius 3 is 2.65 bits per heavy atom. The first-order valence-electron chi connectivity index (χ1n) is 5.99. The molecule has 0 saturated carbocycles. The number of ether oxygens (including phenoxy) is 1. The summed E-state index contributed by atoms with van der Waals surface area (Å²) in [6.45, 7) is 1.91. The maximum absolute atomic E-state index is 12.3. The molecule has 5 nitrogen and oxygen atoms in total. The van der Waals surface area contributed by atoms with Crippen molar-refractivity contribution in [1.82, 2.24) is 4.57 Å². The topological polar surface area (TPSA) is 69.3 Å². The van der Waals surface area contributed by atoms with Gasteiger partial charge in [-0.25, -0.2) is 0 Å². The van der Waals surface area contributed by atoms with Gasteiger partial charge in [-0.2, -0.15) is 0 Å². The van der Waals surface area contributed by atoms with Crippen LogP contribution in [0.15, 0.2) is 28.9 Å². The van der Waals surface area contributed by atoms with Gasteiger partial charge >= 0.3 is 0 Å². The maximum Gasteiger partial charge on any atom is 0.272 e. The van der Waals surface area contributed by atoms with Gasteiger partial charge in [-0.3, -0.25) is 4.79 Å². The number of anilines is 2. The van der Waals surface area contributed by atoms with E-state index in [9.17, 15) is 4.79 Å². The molecule has 0 unspecified atom stereocenters. The summed E-state index contributed by atoms with van der Waals surface area (Å²) in [6.07, 6.45) is 1.70. The number of hydrogen-bond donors (Lipinski definition) is 2. The van der Waals surface area contributed by atoms with E-state index in [2.05, 4.69) is 21.2 Å². The normalized spacial score (nSPS) is 10.4. The Morgan fingerprint density at radius 1 is 1.40 bits per heavy atom. The second-order valence-electron chi connectivity index (χ2n) is 4.52. The molecule has 1 aromatic heterocycles. The monoisotopic (exact) mass is 337 g/mol. The number of aromatic nitrogens is 1. The van der Waals surface area contributed by atoms with Crippen molar-refractivity contribution in [1.29, 1.82) is 0 Å². The quantitative estimate of drug-likeness (QED) is 0.904. The molecule has 1 amide bonds. The van der Waals surface area contributed by atoms with Crippen LogP contribution in [0, 0.1) is 6.92 Å². The van der Waals surface area contributed by atoms with Crippen LogP contribution in [0.4, 0.5) is 11.4 Å². The SMILES string of the molecule is COc1cc(Br)cc(C)c1NC(=O)c1cc(N)cn1C. The molecular formula is C14H16BrN3O2. The molecule has 0 spiro atoms. The molecule has 6 heteroatoms. The third-order valence-electron chi connectivity index (χ3n) is 2.98. The van der Waals surface area contributed by atoms with Crippen LogP contribution in [0.5, 0.6) is 5.75 Å². The van der Waals surface area contributed by atoms with Gasteiger partial charge in [-0.1, -0.05) is 15.9 Å². The fraction of sp³-hybridized carbons (Fsp3) is 0.214. The van der Waals surface area contributed by atoms with Crippen LogP contribution in [0.25, 0.3) is 0 Å². The molecule has 1 aromatic carbocycles. The number of rotatable bonds is 3. The highest BCUT2D eigenvalue weighted by molar-refractivity contribution is 9.10. The van der Waals surface area contributed by atoms with Crippen LogP contribution < -0.4 is 15.8 Å². The predicted octanol–water partition coefficient (Wildman–Crippen LogP) is 2.94. The molecule has 106 valence electrons. The Balaban J connectivity index is 2.35. The Labute approximate surface area is 125 Å². The number of aryl methyl sites for hydroxylation is 2. The van der Waals surface area contributed by atoms with Gasteiger partial charge in [0.1, 0.15) is 11.4 Å². The molecule has 0 saturated heterocycles. The van der Waals surface area contributed by atoms with Crippen molar-refractivity contribution in [3.8, 4) is 5.75 Å². The number of methoxy groups -OCH3 is 1. The number of halogens is 1. The summed E-state index contributed by atoms with van der Waals surface area (Å²) in [4.78, 5) is 12.3. The number of nitrogens with zero attached hydrogens (tertiary/aromatic N) is 1. The van der Waals surface area contributed by atoms with Crippen molar-refractivity contribution < 1.29 is 9.53 Å². The minimum absolute atomic E-state index is 0.229. The number of nitrogen functional groups attached to an aromatic ring is 1. The van der Waals surface area contributed by atoms with Crippen molar-refractivity contribution in [3.05, 3.63) is 40.1 Å². The maximum atomic E-state index is 12.3. The predicted molar refractivity (Wildman–Crippen MR) is 83.2 cm³/mol. The van der Waals surface area contributed by atoms with Gasteiger partial charge in [-0.15, -0.1) is 0 Å².